The summed E-state index contributed by atoms with van der Waals surface area (Å²) in [6, 6.07) is 5.66. The molecule has 0 unspecified atom stereocenters. The van der Waals surface area contributed by atoms with E-state index in [4.69, 9.17) is 9.84 Å². The molecule has 0 saturated carbocycles. The second-order valence-electron chi connectivity index (χ2n) is 4.45. The number of methoxy groups -OCH3 is 1. The van der Waals surface area contributed by atoms with Gasteiger partial charge in [0.15, 0.2) is 0 Å². The van der Waals surface area contributed by atoms with Gasteiger partial charge in [-0.05, 0) is 40.5 Å². The van der Waals surface area contributed by atoms with Crippen molar-refractivity contribution in [1.29, 1.82) is 0 Å². The largest absolute Gasteiger partial charge is 0.496 e. The maximum absolute atomic E-state index is 11.0. The highest BCUT2D eigenvalue weighted by Crippen LogP contribution is 2.33. The number of nitrogens with zero attached hydrogens (tertiary/aromatic N) is 2. The molecule has 106 valence electrons. The lowest BCUT2D eigenvalue weighted by Gasteiger charge is -2.07. The summed E-state index contributed by atoms with van der Waals surface area (Å²) in [5.74, 6) is -0.160. The number of aliphatic carboxylic acids is 1. The first-order valence-corrected chi connectivity index (χ1v) is 6.81. The third-order valence-electron chi connectivity index (χ3n) is 3.17. The van der Waals surface area contributed by atoms with Crippen LogP contribution in [-0.4, -0.2) is 28.0 Å². The van der Waals surface area contributed by atoms with Crippen LogP contribution in [0.25, 0.3) is 11.1 Å². The summed E-state index contributed by atoms with van der Waals surface area (Å²) >= 11 is 3.44. The van der Waals surface area contributed by atoms with E-state index < -0.39 is 5.97 Å². The van der Waals surface area contributed by atoms with Crippen molar-refractivity contribution in [3.05, 3.63) is 34.1 Å². The summed E-state index contributed by atoms with van der Waals surface area (Å²) in [6.07, 6.45) is -0.0966. The average molecular weight is 339 g/mol. The first kappa shape index (κ1) is 14.6. The summed E-state index contributed by atoms with van der Waals surface area (Å²) in [5, 5.41) is 13.3. The molecule has 20 heavy (non-hydrogen) atoms. The molecule has 1 N–H and O–H groups in total. The van der Waals surface area contributed by atoms with Gasteiger partial charge in [-0.3, -0.25) is 9.48 Å². The summed E-state index contributed by atoms with van der Waals surface area (Å²) in [7, 11) is 3.41. The number of aromatic nitrogens is 2. The lowest BCUT2D eigenvalue weighted by molar-refractivity contribution is -0.136. The minimum absolute atomic E-state index is 0.0966. The van der Waals surface area contributed by atoms with Crippen LogP contribution in [0.1, 0.15) is 11.4 Å². The number of ether oxygens (including phenoxy) is 1. The zero-order valence-corrected chi connectivity index (χ0v) is 13.1. The summed E-state index contributed by atoms with van der Waals surface area (Å²) in [6.45, 7) is 1.92. The molecule has 5 nitrogen and oxygen atoms in total. The van der Waals surface area contributed by atoms with Crippen LogP contribution >= 0.6 is 15.9 Å². The van der Waals surface area contributed by atoms with E-state index in [2.05, 4.69) is 21.0 Å². The Morgan fingerprint density at radius 3 is 2.75 bits per heavy atom. The van der Waals surface area contributed by atoms with E-state index in [0.717, 1.165) is 27.0 Å². The molecule has 0 spiro atoms. The van der Waals surface area contributed by atoms with Gasteiger partial charge in [0.2, 0.25) is 0 Å². The lowest BCUT2D eigenvalue weighted by Crippen LogP contribution is -2.02. The highest BCUT2D eigenvalue weighted by atomic mass is 79.9. The molecule has 0 bridgehead atoms. The van der Waals surface area contributed by atoms with Crippen LogP contribution in [-0.2, 0) is 18.3 Å². The highest BCUT2D eigenvalue weighted by Gasteiger charge is 2.18. The topological polar surface area (TPSA) is 64.3 Å². The third kappa shape index (κ3) is 2.70. The van der Waals surface area contributed by atoms with E-state index in [1.165, 1.54) is 0 Å². The molecular weight excluding hydrogens is 324 g/mol. The molecule has 1 aromatic carbocycles. The Kier molecular flexibility index (Phi) is 4.13. The van der Waals surface area contributed by atoms with Gasteiger partial charge in [-0.2, -0.15) is 5.10 Å². The minimum Gasteiger partial charge on any atom is -0.496 e. The number of aryl methyl sites for hydroxylation is 1. The third-order valence-corrected chi connectivity index (χ3v) is 3.79. The molecule has 0 fully saturated rings. The molecule has 2 rings (SSSR count). The van der Waals surface area contributed by atoms with Crippen molar-refractivity contribution in [2.45, 2.75) is 13.3 Å². The fourth-order valence-electron chi connectivity index (χ4n) is 2.14. The molecule has 1 aromatic heterocycles. The van der Waals surface area contributed by atoms with Crippen LogP contribution in [0, 0.1) is 6.92 Å². The van der Waals surface area contributed by atoms with Crippen LogP contribution in [0.5, 0.6) is 5.75 Å². The van der Waals surface area contributed by atoms with E-state index in [1.54, 1.807) is 11.8 Å². The average Bonchev–Trinajstić information content (AvgIpc) is 2.64. The number of hydrogen-bond donors (Lipinski definition) is 1. The van der Waals surface area contributed by atoms with Crippen LogP contribution < -0.4 is 4.74 Å². The van der Waals surface area contributed by atoms with Gasteiger partial charge in [-0.25, -0.2) is 0 Å². The quantitative estimate of drug-likeness (QED) is 0.930. The van der Waals surface area contributed by atoms with Crippen LogP contribution in [0.15, 0.2) is 22.7 Å². The first-order chi connectivity index (χ1) is 9.43. The number of halogens is 1. The molecule has 0 radical (unpaired) electrons. The number of carboxylic acid groups (broad SMARTS) is 1. The number of hydrogen-bond acceptors (Lipinski definition) is 3. The maximum Gasteiger partial charge on any atom is 0.309 e. The predicted octanol–water partition coefficient (Wildman–Crippen LogP) is 2.79. The molecule has 2 aromatic rings. The van der Waals surface area contributed by atoms with Gasteiger partial charge in [-0.15, -0.1) is 0 Å². The van der Waals surface area contributed by atoms with Gasteiger partial charge in [0.05, 0.1) is 23.7 Å². The summed E-state index contributed by atoms with van der Waals surface area (Å²) in [4.78, 5) is 11.0. The van der Waals surface area contributed by atoms with Crippen molar-refractivity contribution in [1.82, 2.24) is 9.78 Å². The summed E-state index contributed by atoms with van der Waals surface area (Å²) in [5.41, 5.74) is 3.27. The van der Waals surface area contributed by atoms with Gasteiger partial charge in [0, 0.05) is 18.3 Å². The van der Waals surface area contributed by atoms with Crippen molar-refractivity contribution >= 4 is 21.9 Å². The van der Waals surface area contributed by atoms with Crippen LogP contribution in [0.4, 0.5) is 0 Å². The van der Waals surface area contributed by atoms with E-state index in [1.807, 2.05) is 32.2 Å². The maximum atomic E-state index is 11.0. The number of carboxylic acids is 1. The van der Waals surface area contributed by atoms with Gasteiger partial charge in [0.1, 0.15) is 5.75 Å². The first-order valence-electron chi connectivity index (χ1n) is 6.02. The Labute approximate surface area is 125 Å². The number of benzene rings is 1. The zero-order chi connectivity index (χ0) is 14.9. The normalized spacial score (nSPS) is 10.6. The molecule has 0 aliphatic heterocycles. The molecule has 0 aliphatic carbocycles. The van der Waals surface area contributed by atoms with Crippen molar-refractivity contribution in [2.24, 2.45) is 7.05 Å². The van der Waals surface area contributed by atoms with Gasteiger partial charge >= 0.3 is 5.97 Å². The second kappa shape index (κ2) is 5.66. The van der Waals surface area contributed by atoms with E-state index in [0.29, 0.717) is 5.69 Å². The van der Waals surface area contributed by atoms with Crippen LogP contribution in [0.2, 0.25) is 0 Å². The Balaban J connectivity index is 2.56. The monoisotopic (exact) mass is 338 g/mol. The Morgan fingerprint density at radius 1 is 1.50 bits per heavy atom. The van der Waals surface area contributed by atoms with E-state index in [9.17, 15) is 4.79 Å². The lowest BCUT2D eigenvalue weighted by atomic mass is 10.0. The SMILES string of the molecule is COc1ccc(-c2c(CC(=O)O)nn(C)c2C)cc1Br. The van der Waals surface area contributed by atoms with Crippen molar-refractivity contribution < 1.29 is 14.6 Å². The number of carbonyl (C=O) groups is 1. The van der Waals surface area contributed by atoms with Crippen molar-refractivity contribution in [2.75, 3.05) is 7.11 Å². The van der Waals surface area contributed by atoms with E-state index >= 15 is 0 Å². The fraction of sp³-hybridized carbons (Fsp3) is 0.286. The van der Waals surface area contributed by atoms with Crippen LogP contribution in [0.3, 0.4) is 0 Å². The standard InChI is InChI=1S/C14H15BrN2O3/c1-8-14(11(7-13(18)19)16-17(8)2)9-4-5-12(20-3)10(15)6-9/h4-6H,7H2,1-3H3,(H,18,19). The van der Waals surface area contributed by atoms with Crippen molar-refractivity contribution in [3.63, 3.8) is 0 Å². The second-order valence-corrected chi connectivity index (χ2v) is 5.30. The molecule has 0 atom stereocenters. The molecule has 6 heteroatoms. The van der Waals surface area contributed by atoms with Crippen molar-refractivity contribution in [3.8, 4) is 16.9 Å². The Bertz CT molecular complexity index is 665. The zero-order valence-electron chi connectivity index (χ0n) is 11.5. The molecule has 0 saturated heterocycles. The molecule has 0 aliphatic rings. The van der Waals surface area contributed by atoms with Gasteiger partial charge in [-0.1, -0.05) is 6.07 Å². The van der Waals surface area contributed by atoms with Gasteiger partial charge < -0.3 is 9.84 Å². The Hall–Kier alpha value is -1.82. The molecule has 1 heterocycles. The highest BCUT2D eigenvalue weighted by molar-refractivity contribution is 9.10. The molecule has 0 amide bonds. The van der Waals surface area contributed by atoms with Gasteiger partial charge in [0.25, 0.3) is 0 Å². The number of rotatable bonds is 4. The predicted molar refractivity (Wildman–Crippen MR) is 79.0 cm³/mol. The summed E-state index contributed by atoms with van der Waals surface area (Å²) < 4.78 is 7.73. The van der Waals surface area contributed by atoms with E-state index in [-0.39, 0.29) is 6.42 Å². The fourth-order valence-corrected chi connectivity index (χ4v) is 2.68. The smallest absolute Gasteiger partial charge is 0.309 e. The Morgan fingerprint density at radius 2 is 2.20 bits per heavy atom. The minimum atomic E-state index is -0.892. The molecular formula is C14H15BrN2O3.